The van der Waals surface area contributed by atoms with Crippen molar-refractivity contribution < 1.29 is 13.7 Å². The van der Waals surface area contributed by atoms with Crippen molar-refractivity contribution in [3.8, 4) is 0 Å². The lowest BCUT2D eigenvalue weighted by atomic mass is 9.91. The number of hydrogen-bond donors (Lipinski definition) is 0. The number of aromatic nitrogens is 2. The van der Waals surface area contributed by atoms with Crippen molar-refractivity contribution in [2.45, 2.75) is 38.0 Å². The van der Waals surface area contributed by atoms with E-state index in [0.717, 1.165) is 81.5 Å². The van der Waals surface area contributed by atoms with E-state index in [4.69, 9.17) is 4.52 Å². The smallest absolute Gasteiger partial charge is 0.255 e. The van der Waals surface area contributed by atoms with Gasteiger partial charge in [0.25, 0.3) is 5.91 Å². The molecule has 1 aromatic carbocycles. The van der Waals surface area contributed by atoms with Crippen LogP contribution in [-0.4, -0.2) is 58.2 Å². The fourth-order valence-corrected chi connectivity index (χ4v) is 5.12. The van der Waals surface area contributed by atoms with Gasteiger partial charge in [-0.3, -0.25) is 4.79 Å². The molecule has 164 valence electrons. The fraction of sp³-hybridized carbons (Fsp3) is 0.500. The molecule has 2 aliphatic heterocycles. The molecular formula is C24H29FN4O2. The molecule has 2 aromatic heterocycles. The second-order valence-corrected chi connectivity index (χ2v) is 8.94. The van der Waals surface area contributed by atoms with Gasteiger partial charge < -0.3 is 18.9 Å². The quantitative estimate of drug-likeness (QED) is 0.622. The number of amides is 1. The topological polar surface area (TPSA) is 54.5 Å². The van der Waals surface area contributed by atoms with E-state index in [9.17, 15) is 9.18 Å². The zero-order chi connectivity index (χ0) is 21.4. The maximum atomic E-state index is 13.4. The molecule has 1 saturated heterocycles. The van der Waals surface area contributed by atoms with Gasteiger partial charge >= 0.3 is 0 Å². The summed E-state index contributed by atoms with van der Waals surface area (Å²) in [5.74, 6) is 0.240. The fourth-order valence-electron chi connectivity index (χ4n) is 5.12. The van der Waals surface area contributed by atoms with Crippen molar-refractivity contribution in [3.05, 3.63) is 53.2 Å². The first-order valence-corrected chi connectivity index (χ1v) is 11.3. The van der Waals surface area contributed by atoms with Crippen LogP contribution in [0.2, 0.25) is 0 Å². The van der Waals surface area contributed by atoms with Crippen LogP contribution in [0.1, 0.15) is 53.2 Å². The van der Waals surface area contributed by atoms with Gasteiger partial charge in [0.1, 0.15) is 5.82 Å². The van der Waals surface area contributed by atoms with Gasteiger partial charge in [-0.05, 0) is 69.4 Å². The summed E-state index contributed by atoms with van der Waals surface area (Å²) in [6.07, 6.45) is 9.09. The molecule has 2 aliphatic rings. The minimum absolute atomic E-state index is 0.182. The number of benzene rings is 1. The summed E-state index contributed by atoms with van der Waals surface area (Å²) in [6, 6.07) is 4.66. The van der Waals surface area contributed by atoms with Crippen LogP contribution >= 0.6 is 0 Å². The minimum Gasteiger partial charge on any atom is -0.356 e. The molecule has 0 aliphatic carbocycles. The third-order valence-corrected chi connectivity index (χ3v) is 6.77. The van der Waals surface area contributed by atoms with E-state index in [2.05, 4.69) is 16.3 Å². The van der Waals surface area contributed by atoms with Crippen molar-refractivity contribution in [1.29, 1.82) is 0 Å². The second-order valence-electron chi connectivity index (χ2n) is 8.94. The van der Waals surface area contributed by atoms with E-state index in [-0.39, 0.29) is 11.7 Å². The van der Waals surface area contributed by atoms with Crippen molar-refractivity contribution in [2.24, 2.45) is 7.05 Å². The van der Waals surface area contributed by atoms with Crippen molar-refractivity contribution in [2.75, 3.05) is 32.7 Å². The molecule has 1 fully saturated rings. The molecule has 0 atom stereocenters. The van der Waals surface area contributed by atoms with E-state index < -0.39 is 0 Å². The highest BCUT2D eigenvalue weighted by molar-refractivity contribution is 5.96. The van der Waals surface area contributed by atoms with E-state index in [0.29, 0.717) is 11.5 Å². The Morgan fingerprint density at radius 2 is 2.00 bits per heavy atom. The van der Waals surface area contributed by atoms with E-state index >= 15 is 0 Å². The number of aryl methyl sites for hydroxylation is 2. The zero-order valence-electron chi connectivity index (χ0n) is 18.0. The maximum Gasteiger partial charge on any atom is 0.255 e. The van der Waals surface area contributed by atoms with E-state index in [1.54, 1.807) is 6.07 Å². The summed E-state index contributed by atoms with van der Waals surface area (Å²) in [4.78, 5) is 17.4. The van der Waals surface area contributed by atoms with Gasteiger partial charge in [-0.15, -0.1) is 0 Å². The molecule has 0 spiro atoms. The van der Waals surface area contributed by atoms with E-state index in [1.807, 2.05) is 22.7 Å². The number of fused-ring (bicyclic) bond motifs is 2. The number of halogens is 1. The van der Waals surface area contributed by atoms with Crippen LogP contribution in [-0.2, 0) is 13.5 Å². The van der Waals surface area contributed by atoms with Crippen LogP contribution in [0.15, 0.2) is 35.1 Å². The average Bonchev–Trinajstić information content (AvgIpc) is 3.32. The minimum atomic E-state index is -0.295. The number of carbonyl (C=O) groups is 1. The highest BCUT2D eigenvalue weighted by Crippen LogP contribution is 2.32. The van der Waals surface area contributed by atoms with Gasteiger partial charge in [0.15, 0.2) is 5.58 Å². The summed E-state index contributed by atoms with van der Waals surface area (Å²) >= 11 is 0. The Bertz CT molecular complexity index is 1080. The Kier molecular flexibility index (Phi) is 5.52. The zero-order valence-corrected chi connectivity index (χ0v) is 18.0. The normalized spacial score (nSPS) is 18.5. The summed E-state index contributed by atoms with van der Waals surface area (Å²) in [7, 11) is 1.98. The molecule has 0 saturated carbocycles. The summed E-state index contributed by atoms with van der Waals surface area (Å²) in [5.41, 5.74) is 3.55. The molecule has 0 unspecified atom stereocenters. The first kappa shape index (κ1) is 20.2. The molecule has 31 heavy (non-hydrogen) atoms. The lowest BCUT2D eigenvalue weighted by molar-refractivity contribution is 0.0750. The van der Waals surface area contributed by atoms with Gasteiger partial charge in [-0.1, -0.05) is 5.16 Å². The van der Waals surface area contributed by atoms with Crippen LogP contribution in [0.5, 0.6) is 0 Å². The third-order valence-electron chi connectivity index (χ3n) is 6.77. The molecule has 0 N–H and O–H groups in total. The number of hydrogen-bond acceptors (Lipinski definition) is 4. The van der Waals surface area contributed by atoms with Gasteiger partial charge in [-0.25, -0.2) is 4.39 Å². The van der Waals surface area contributed by atoms with Crippen LogP contribution < -0.4 is 0 Å². The molecule has 4 heterocycles. The molecular weight excluding hydrogens is 395 g/mol. The molecule has 0 radical (unpaired) electrons. The predicted molar refractivity (Wildman–Crippen MR) is 117 cm³/mol. The third kappa shape index (κ3) is 4.11. The first-order valence-electron chi connectivity index (χ1n) is 11.3. The second kappa shape index (κ2) is 8.46. The Hall–Kier alpha value is -2.67. The molecule has 0 bridgehead atoms. The maximum absolute atomic E-state index is 13.4. The number of nitrogens with zero attached hydrogens (tertiary/aromatic N) is 4. The summed E-state index contributed by atoms with van der Waals surface area (Å²) < 4.78 is 20.7. The lowest BCUT2D eigenvalue weighted by Gasteiger charge is -2.31. The largest absolute Gasteiger partial charge is 0.356 e. The van der Waals surface area contributed by atoms with Crippen molar-refractivity contribution in [3.63, 3.8) is 0 Å². The Morgan fingerprint density at radius 1 is 1.16 bits per heavy atom. The number of carbonyl (C=O) groups excluding carboxylic acids is 1. The highest BCUT2D eigenvalue weighted by atomic mass is 19.1. The van der Waals surface area contributed by atoms with Gasteiger partial charge in [-0.2, -0.15) is 0 Å². The lowest BCUT2D eigenvalue weighted by Crippen LogP contribution is -2.37. The molecule has 6 nitrogen and oxygen atoms in total. The Labute approximate surface area is 181 Å². The standard InChI is InChI=1S/C24H29FN4O2/c1-27-15-18-4-2-10-29(24(30)21(18)16-27)11-3-9-28-12-7-17(8-13-28)23-20-6-5-19(25)14-22(20)31-26-23/h5-6,14-17H,2-4,7-13H2,1H3. The monoisotopic (exact) mass is 424 g/mol. The van der Waals surface area contributed by atoms with E-state index in [1.165, 1.54) is 17.7 Å². The molecule has 3 aromatic rings. The predicted octanol–water partition coefficient (Wildman–Crippen LogP) is 3.96. The number of likely N-dealkylation sites (tertiary alicyclic amines) is 1. The SMILES string of the molecule is Cn1cc2c(c1)C(=O)N(CCCN1CCC(c3noc4cc(F)ccc34)CC1)CCC2. The molecule has 1 amide bonds. The number of piperidine rings is 1. The Morgan fingerprint density at radius 3 is 2.84 bits per heavy atom. The first-order chi connectivity index (χ1) is 15.1. The molecule has 7 heteroatoms. The van der Waals surface area contributed by atoms with Crippen LogP contribution in [0, 0.1) is 5.82 Å². The van der Waals surface area contributed by atoms with Gasteiger partial charge in [0.2, 0.25) is 0 Å². The average molecular weight is 425 g/mol. The summed E-state index contributed by atoms with van der Waals surface area (Å²) in [5, 5.41) is 5.17. The van der Waals surface area contributed by atoms with Crippen LogP contribution in [0.4, 0.5) is 4.39 Å². The van der Waals surface area contributed by atoms with Crippen LogP contribution in [0.25, 0.3) is 11.0 Å². The van der Waals surface area contributed by atoms with Gasteiger partial charge in [0.05, 0.1) is 11.3 Å². The highest BCUT2D eigenvalue weighted by Gasteiger charge is 2.26. The molecule has 5 rings (SSSR count). The van der Waals surface area contributed by atoms with Gasteiger partial charge in [0, 0.05) is 49.9 Å². The van der Waals surface area contributed by atoms with Crippen molar-refractivity contribution in [1.82, 2.24) is 19.5 Å². The van der Waals surface area contributed by atoms with Crippen molar-refractivity contribution >= 4 is 16.9 Å². The number of rotatable bonds is 5. The van der Waals surface area contributed by atoms with Crippen LogP contribution in [0.3, 0.4) is 0 Å². The summed E-state index contributed by atoms with van der Waals surface area (Å²) in [6.45, 7) is 4.68. The Balaban J connectivity index is 1.12.